The highest BCUT2D eigenvalue weighted by Gasteiger charge is 2.26. The van der Waals surface area contributed by atoms with E-state index in [0.717, 1.165) is 27.7 Å². The fourth-order valence-corrected chi connectivity index (χ4v) is 4.81. The topological polar surface area (TPSA) is 69.4 Å². The number of anilines is 1. The van der Waals surface area contributed by atoms with Gasteiger partial charge in [0, 0.05) is 5.39 Å². The zero-order valence-corrected chi connectivity index (χ0v) is 19.3. The zero-order valence-electron chi connectivity index (χ0n) is 19.3. The van der Waals surface area contributed by atoms with Crippen LogP contribution in [0.15, 0.2) is 83.9 Å². The number of aromatic nitrogens is 3. The van der Waals surface area contributed by atoms with Crippen LogP contribution < -0.4 is 15.2 Å². The predicted octanol–water partition coefficient (Wildman–Crippen LogP) is 4.13. The van der Waals surface area contributed by atoms with Gasteiger partial charge in [-0.1, -0.05) is 54.6 Å². The lowest BCUT2D eigenvalue weighted by molar-refractivity contribution is -0.119. The second-order valence-corrected chi connectivity index (χ2v) is 8.83. The molecule has 0 N–H and O–H groups in total. The number of ether oxygens (including phenoxy) is 1. The Bertz CT molecular complexity index is 1640. The number of rotatable bonds is 4. The highest BCUT2D eigenvalue weighted by Crippen LogP contribution is 2.33. The van der Waals surface area contributed by atoms with E-state index < -0.39 is 0 Å². The van der Waals surface area contributed by atoms with E-state index in [1.807, 2.05) is 84.3 Å². The number of fused-ring (bicyclic) bond motifs is 4. The van der Waals surface area contributed by atoms with E-state index in [-0.39, 0.29) is 18.0 Å². The molecule has 0 radical (unpaired) electrons. The van der Waals surface area contributed by atoms with Crippen molar-refractivity contribution >= 4 is 33.5 Å². The van der Waals surface area contributed by atoms with Gasteiger partial charge in [0.15, 0.2) is 0 Å². The lowest BCUT2D eigenvalue weighted by atomic mass is 10.1. The fraction of sp³-hybridized carbons (Fsp3) is 0.179. The number of para-hydroxylation sites is 1. The zero-order chi connectivity index (χ0) is 23.9. The third-order valence-electron chi connectivity index (χ3n) is 6.50. The van der Waals surface area contributed by atoms with Crippen molar-refractivity contribution < 1.29 is 9.53 Å². The summed E-state index contributed by atoms with van der Waals surface area (Å²) in [6, 6.07) is 23.4. The molecular formula is C28H24N4O3. The molecule has 7 heteroatoms. The van der Waals surface area contributed by atoms with Crippen molar-refractivity contribution in [1.82, 2.24) is 14.1 Å². The van der Waals surface area contributed by atoms with E-state index in [0.29, 0.717) is 36.5 Å². The average molecular weight is 465 g/mol. The Morgan fingerprint density at radius 1 is 1.03 bits per heavy atom. The van der Waals surface area contributed by atoms with Gasteiger partial charge in [-0.2, -0.15) is 0 Å². The molecule has 0 spiro atoms. The van der Waals surface area contributed by atoms with Crippen LogP contribution >= 0.6 is 0 Å². The van der Waals surface area contributed by atoms with E-state index in [1.165, 1.54) is 0 Å². The first-order valence-corrected chi connectivity index (χ1v) is 11.6. The Hall–Kier alpha value is -4.39. The summed E-state index contributed by atoms with van der Waals surface area (Å²) in [5.41, 5.74) is 4.53. The maximum atomic E-state index is 13.7. The standard InChI is InChI=1S/C28H24N4O3/c1-19-11-12-24-23(15-19)31(13-14-35-24)25(33)17-32-22-10-6-5-9-21(22)26-27(32)28(34)30(18-29-26)16-20-7-3-2-4-8-20/h2-12,15,18H,13-14,16-17H2,1H3. The molecule has 2 aromatic heterocycles. The number of nitrogens with zero attached hydrogens (tertiary/aromatic N) is 4. The Labute approximate surface area is 201 Å². The van der Waals surface area contributed by atoms with Crippen molar-refractivity contribution in [3.05, 3.63) is 101 Å². The molecule has 35 heavy (non-hydrogen) atoms. The van der Waals surface area contributed by atoms with Gasteiger partial charge in [0.1, 0.15) is 29.9 Å². The van der Waals surface area contributed by atoms with Crippen LogP contribution in [0.4, 0.5) is 5.69 Å². The van der Waals surface area contributed by atoms with Crippen LogP contribution in [-0.2, 0) is 17.9 Å². The number of hydrogen-bond donors (Lipinski definition) is 0. The van der Waals surface area contributed by atoms with Crippen LogP contribution in [0.1, 0.15) is 11.1 Å². The summed E-state index contributed by atoms with van der Waals surface area (Å²) in [6.07, 6.45) is 1.59. The van der Waals surface area contributed by atoms with Crippen LogP contribution in [-0.4, -0.2) is 33.2 Å². The lowest BCUT2D eigenvalue weighted by Crippen LogP contribution is -2.40. The highest BCUT2D eigenvalue weighted by atomic mass is 16.5. The van der Waals surface area contributed by atoms with Crippen molar-refractivity contribution in [1.29, 1.82) is 0 Å². The molecule has 0 aliphatic carbocycles. The van der Waals surface area contributed by atoms with Gasteiger partial charge in [-0.05, 0) is 36.2 Å². The molecule has 0 unspecified atom stereocenters. The van der Waals surface area contributed by atoms with Crippen LogP contribution in [0.3, 0.4) is 0 Å². The largest absolute Gasteiger partial charge is 0.490 e. The van der Waals surface area contributed by atoms with Crippen molar-refractivity contribution in [3.8, 4) is 5.75 Å². The third kappa shape index (κ3) is 3.65. The third-order valence-corrected chi connectivity index (χ3v) is 6.50. The molecule has 1 aliphatic heterocycles. The van der Waals surface area contributed by atoms with Gasteiger partial charge in [0.05, 0.1) is 30.6 Å². The summed E-state index contributed by atoms with van der Waals surface area (Å²) in [4.78, 5) is 33.7. The summed E-state index contributed by atoms with van der Waals surface area (Å²) in [5, 5.41) is 0.859. The van der Waals surface area contributed by atoms with Gasteiger partial charge >= 0.3 is 0 Å². The molecule has 174 valence electrons. The summed E-state index contributed by atoms with van der Waals surface area (Å²) in [7, 11) is 0. The first-order valence-electron chi connectivity index (χ1n) is 11.6. The summed E-state index contributed by atoms with van der Waals surface area (Å²) in [5.74, 6) is 0.602. The second kappa shape index (κ2) is 8.43. The minimum Gasteiger partial charge on any atom is -0.490 e. The van der Waals surface area contributed by atoms with Gasteiger partial charge in [0.25, 0.3) is 5.56 Å². The summed E-state index contributed by atoms with van der Waals surface area (Å²) < 4.78 is 9.18. The molecule has 1 aliphatic rings. The van der Waals surface area contributed by atoms with Crippen molar-refractivity contribution in [2.75, 3.05) is 18.1 Å². The number of carbonyl (C=O) groups excluding carboxylic acids is 1. The Morgan fingerprint density at radius 2 is 1.83 bits per heavy atom. The lowest BCUT2D eigenvalue weighted by Gasteiger charge is -2.30. The number of carbonyl (C=O) groups is 1. The van der Waals surface area contributed by atoms with Crippen molar-refractivity contribution in [2.45, 2.75) is 20.0 Å². The molecule has 7 nitrogen and oxygen atoms in total. The molecule has 0 bridgehead atoms. The number of amides is 1. The van der Waals surface area contributed by atoms with Gasteiger partial charge in [-0.15, -0.1) is 0 Å². The molecular weight excluding hydrogens is 440 g/mol. The molecule has 3 aromatic carbocycles. The van der Waals surface area contributed by atoms with Crippen LogP contribution in [0.2, 0.25) is 0 Å². The van der Waals surface area contributed by atoms with E-state index in [9.17, 15) is 9.59 Å². The van der Waals surface area contributed by atoms with E-state index in [1.54, 1.807) is 15.8 Å². The Morgan fingerprint density at radius 3 is 2.69 bits per heavy atom. The molecule has 0 atom stereocenters. The van der Waals surface area contributed by atoms with Gasteiger partial charge < -0.3 is 14.2 Å². The SMILES string of the molecule is Cc1ccc2c(c1)N(C(=O)Cn1c3ccccc3c3ncn(Cc4ccccc4)c(=O)c31)CCO2. The van der Waals surface area contributed by atoms with E-state index >= 15 is 0 Å². The number of aryl methyl sites for hydroxylation is 1. The predicted molar refractivity (Wildman–Crippen MR) is 136 cm³/mol. The van der Waals surface area contributed by atoms with E-state index in [2.05, 4.69) is 4.98 Å². The smallest absolute Gasteiger partial charge is 0.278 e. The molecule has 5 aromatic rings. The van der Waals surface area contributed by atoms with Gasteiger partial charge in [0.2, 0.25) is 5.91 Å². The van der Waals surface area contributed by atoms with Crippen LogP contribution in [0, 0.1) is 6.92 Å². The molecule has 0 saturated heterocycles. The quantitative estimate of drug-likeness (QED) is 0.401. The first kappa shape index (κ1) is 21.2. The van der Waals surface area contributed by atoms with Crippen LogP contribution in [0.25, 0.3) is 21.9 Å². The number of hydrogen-bond acceptors (Lipinski definition) is 4. The van der Waals surface area contributed by atoms with E-state index in [4.69, 9.17) is 4.74 Å². The Kier molecular flexibility index (Phi) is 5.10. The maximum absolute atomic E-state index is 13.7. The first-order chi connectivity index (χ1) is 17.1. The monoisotopic (exact) mass is 464 g/mol. The molecule has 1 amide bonds. The summed E-state index contributed by atoms with van der Waals surface area (Å²) in [6.45, 7) is 3.33. The second-order valence-electron chi connectivity index (χ2n) is 8.83. The van der Waals surface area contributed by atoms with Gasteiger partial charge in [-0.25, -0.2) is 4.98 Å². The average Bonchev–Trinajstić information content (AvgIpc) is 3.20. The normalized spacial score (nSPS) is 13.1. The highest BCUT2D eigenvalue weighted by molar-refractivity contribution is 6.07. The molecule has 0 saturated carbocycles. The summed E-state index contributed by atoms with van der Waals surface area (Å²) >= 11 is 0. The minimum absolute atomic E-state index is 0.0314. The number of benzene rings is 3. The van der Waals surface area contributed by atoms with Crippen molar-refractivity contribution in [2.24, 2.45) is 0 Å². The molecule has 6 rings (SSSR count). The fourth-order valence-electron chi connectivity index (χ4n) is 4.81. The minimum atomic E-state index is -0.166. The molecule has 0 fully saturated rings. The van der Waals surface area contributed by atoms with Gasteiger partial charge in [-0.3, -0.25) is 14.2 Å². The van der Waals surface area contributed by atoms with Crippen LogP contribution in [0.5, 0.6) is 5.75 Å². The molecule has 3 heterocycles. The maximum Gasteiger partial charge on any atom is 0.278 e. The Balaban J connectivity index is 1.46. The van der Waals surface area contributed by atoms with Crippen molar-refractivity contribution in [3.63, 3.8) is 0 Å².